The van der Waals surface area contributed by atoms with Crippen LogP contribution in [0.15, 0.2) is 29.3 Å². The molecule has 5 nitrogen and oxygen atoms in total. The maximum Gasteiger partial charge on any atom is 0.330 e. The number of rotatable bonds is 6. The summed E-state index contributed by atoms with van der Waals surface area (Å²) in [5.74, 6) is -0.781. The standard InChI is InChI=1S/C17H25NO4Si/c1-12(15(16(20)21)18-11-19)13-7-9-14(10-8-13)22-23(5,6)17(2,3)4/h7-10,12,15H,1-6H3,(H,20,21). The molecule has 0 radical (unpaired) electrons. The summed E-state index contributed by atoms with van der Waals surface area (Å²) in [6, 6.07) is 6.21. The number of nitrogens with zero attached hydrogens (tertiary/aromatic N) is 1. The van der Waals surface area contributed by atoms with Gasteiger partial charge in [0.05, 0.1) is 0 Å². The minimum atomic E-state index is -1.91. The third kappa shape index (κ3) is 4.78. The number of carboxylic acid groups (broad SMARTS) is 1. The van der Waals surface area contributed by atoms with Crippen LogP contribution >= 0.6 is 0 Å². The lowest BCUT2D eigenvalue weighted by molar-refractivity contribution is -0.138. The molecule has 0 fully saturated rings. The van der Waals surface area contributed by atoms with Crippen LogP contribution in [0.25, 0.3) is 0 Å². The molecule has 2 unspecified atom stereocenters. The molecule has 1 N–H and O–H groups in total. The Labute approximate surface area is 138 Å². The van der Waals surface area contributed by atoms with Crippen molar-refractivity contribution in [2.75, 3.05) is 0 Å². The van der Waals surface area contributed by atoms with Crippen LogP contribution in [-0.4, -0.2) is 31.5 Å². The van der Waals surface area contributed by atoms with Gasteiger partial charge in [-0.2, -0.15) is 4.99 Å². The van der Waals surface area contributed by atoms with Crippen molar-refractivity contribution in [1.29, 1.82) is 0 Å². The number of carbonyl (C=O) groups excluding carboxylic acids is 1. The molecule has 2 atom stereocenters. The quantitative estimate of drug-likeness (QED) is 0.485. The fourth-order valence-corrected chi connectivity index (χ4v) is 2.94. The van der Waals surface area contributed by atoms with Crippen LogP contribution in [0, 0.1) is 0 Å². The predicted molar refractivity (Wildman–Crippen MR) is 92.2 cm³/mol. The van der Waals surface area contributed by atoms with E-state index < -0.39 is 26.2 Å². The Morgan fingerprint density at radius 2 is 1.78 bits per heavy atom. The summed E-state index contributed by atoms with van der Waals surface area (Å²) < 4.78 is 6.19. The summed E-state index contributed by atoms with van der Waals surface area (Å²) in [4.78, 5) is 25.0. The van der Waals surface area contributed by atoms with Crippen molar-refractivity contribution >= 4 is 20.4 Å². The summed E-state index contributed by atoms with van der Waals surface area (Å²) in [6.45, 7) is 12.6. The topological polar surface area (TPSA) is 76.0 Å². The molecular formula is C17H25NO4Si. The van der Waals surface area contributed by atoms with Crippen LogP contribution in [0.2, 0.25) is 18.1 Å². The average Bonchev–Trinajstić information content (AvgIpc) is 2.43. The highest BCUT2D eigenvalue weighted by molar-refractivity contribution is 6.74. The lowest BCUT2D eigenvalue weighted by Crippen LogP contribution is -2.43. The average molecular weight is 335 g/mol. The molecule has 1 aromatic rings. The van der Waals surface area contributed by atoms with E-state index in [1.807, 2.05) is 24.3 Å². The number of benzene rings is 1. The van der Waals surface area contributed by atoms with Crippen LogP contribution in [0.1, 0.15) is 39.2 Å². The van der Waals surface area contributed by atoms with E-state index in [1.54, 1.807) is 6.92 Å². The van der Waals surface area contributed by atoms with Crippen LogP contribution < -0.4 is 4.43 Å². The highest BCUT2D eigenvalue weighted by Crippen LogP contribution is 2.37. The Kier molecular flexibility index (Phi) is 5.91. The molecule has 0 aliphatic heterocycles. The summed E-state index contributed by atoms with van der Waals surface area (Å²) in [5.41, 5.74) is 0.791. The van der Waals surface area contributed by atoms with Gasteiger partial charge >= 0.3 is 5.97 Å². The molecule has 23 heavy (non-hydrogen) atoms. The third-order valence-electron chi connectivity index (χ3n) is 4.50. The second kappa shape index (κ2) is 7.11. The molecule has 126 valence electrons. The Morgan fingerprint density at radius 1 is 1.26 bits per heavy atom. The molecule has 0 bridgehead atoms. The van der Waals surface area contributed by atoms with Crippen molar-refractivity contribution in [3.8, 4) is 5.75 Å². The number of carboxylic acids is 1. The SMILES string of the molecule is CC(c1ccc(O[Si](C)(C)C(C)(C)C)cc1)C(N=C=O)C(=O)O. The first-order valence-corrected chi connectivity index (χ1v) is 10.5. The molecule has 0 saturated carbocycles. The van der Waals surface area contributed by atoms with Gasteiger partial charge in [-0.05, 0) is 35.8 Å². The van der Waals surface area contributed by atoms with Gasteiger partial charge in [0.25, 0.3) is 0 Å². The summed E-state index contributed by atoms with van der Waals surface area (Å²) >= 11 is 0. The number of isocyanates is 1. The van der Waals surface area contributed by atoms with Gasteiger partial charge in [0, 0.05) is 5.92 Å². The van der Waals surface area contributed by atoms with Crippen LogP contribution in [0.5, 0.6) is 5.75 Å². The molecule has 0 heterocycles. The Balaban J connectivity index is 2.96. The van der Waals surface area contributed by atoms with Gasteiger partial charge in [-0.15, -0.1) is 0 Å². The first-order chi connectivity index (χ1) is 10.5. The molecule has 0 saturated heterocycles. The van der Waals surface area contributed by atoms with Crippen molar-refractivity contribution in [3.63, 3.8) is 0 Å². The van der Waals surface area contributed by atoms with Crippen LogP contribution in [0.4, 0.5) is 0 Å². The lowest BCUT2D eigenvalue weighted by atomic mass is 9.94. The Morgan fingerprint density at radius 3 is 2.17 bits per heavy atom. The highest BCUT2D eigenvalue weighted by atomic mass is 28.4. The van der Waals surface area contributed by atoms with E-state index in [0.717, 1.165) is 11.3 Å². The predicted octanol–water partition coefficient (Wildman–Crippen LogP) is 3.96. The van der Waals surface area contributed by atoms with Crippen molar-refractivity contribution in [1.82, 2.24) is 0 Å². The van der Waals surface area contributed by atoms with E-state index >= 15 is 0 Å². The fraction of sp³-hybridized carbons (Fsp3) is 0.529. The van der Waals surface area contributed by atoms with Gasteiger partial charge in [0.15, 0.2) is 6.04 Å². The second-order valence-corrected chi connectivity index (χ2v) is 11.9. The summed E-state index contributed by atoms with van der Waals surface area (Å²) in [6.07, 6.45) is 1.33. The smallest absolute Gasteiger partial charge is 0.330 e. The van der Waals surface area contributed by atoms with E-state index in [2.05, 4.69) is 38.9 Å². The molecule has 1 aromatic carbocycles. The zero-order chi connectivity index (χ0) is 17.8. The third-order valence-corrected chi connectivity index (χ3v) is 8.86. The monoisotopic (exact) mass is 335 g/mol. The number of carbonyl (C=O) groups is 1. The minimum absolute atomic E-state index is 0.103. The van der Waals surface area contributed by atoms with Crippen molar-refractivity contribution in [3.05, 3.63) is 29.8 Å². The molecule has 0 aliphatic carbocycles. The van der Waals surface area contributed by atoms with Gasteiger partial charge in [-0.25, -0.2) is 9.59 Å². The number of aliphatic imine (C=N–C) groups is 1. The molecule has 0 spiro atoms. The van der Waals surface area contributed by atoms with Crippen LogP contribution in [-0.2, 0) is 9.59 Å². The molecule has 1 rings (SSSR count). The number of hydrogen-bond donors (Lipinski definition) is 1. The number of hydrogen-bond acceptors (Lipinski definition) is 4. The second-order valence-electron chi connectivity index (χ2n) is 7.22. The van der Waals surface area contributed by atoms with Crippen molar-refractivity contribution in [2.24, 2.45) is 4.99 Å². The molecule has 6 heteroatoms. The Hall–Kier alpha value is -1.91. The van der Waals surface area contributed by atoms with Crippen molar-refractivity contribution in [2.45, 2.75) is 57.8 Å². The summed E-state index contributed by atoms with van der Waals surface area (Å²) in [5, 5.41) is 9.24. The van der Waals surface area contributed by atoms with Gasteiger partial charge < -0.3 is 9.53 Å². The molecule has 0 aliphatic rings. The van der Waals surface area contributed by atoms with Gasteiger partial charge in [-0.1, -0.05) is 39.8 Å². The fourth-order valence-electron chi connectivity index (χ4n) is 1.91. The number of aliphatic carboxylic acids is 1. The van der Waals surface area contributed by atoms with E-state index in [4.69, 9.17) is 9.53 Å². The van der Waals surface area contributed by atoms with Crippen LogP contribution in [0.3, 0.4) is 0 Å². The van der Waals surface area contributed by atoms with E-state index in [0.29, 0.717) is 0 Å². The maximum absolute atomic E-state index is 11.2. The zero-order valence-corrected chi connectivity index (χ0v) is 15.6. The minimum Gasteiger partial charge on any atom is -0.544 e. The normalized spacial score (nSPS) is 14.5. The molecular weight excluding hydrogens is 310 g/mol. The largest absolute Gasteiger partial charge is 0.544 e. The Bertz CT molecular complexity index is 596. The maximum atomic E-state index is 11.2. The first kappa shape index (κ1) is 19.1. The summed E-state index contributed by atoms with van der Waals surface area (Å²) in [7, 11) is -1.91. The lowest BCUT2D eigenvalue weighted by Gasteiger charge is -2.36. The molecule has 0 amide bonds. The zero-order valence-electron chi connectivity index (χ0n) is 14.6. The van der Waals surface area contributed by atoms with E-state index in [9.17, 15) is 9.59 Å². The van der Waals surface area contributed by atoms with Crippen molar-refractivity contribution < 1.29 is 19.1 Å². The highest BCUT2D eigenvalue weighted by Gasteiger charge is 2.39. The first-order valence-electron chi connectivity index (χ1n) is 7.58. The van der Waals surface area contributed by atoms with E-state index in [1.165, 1.54) is 6.08 Å². The molecule has 0 aromatic heterocycles. The van der Waals surface area contributed by atoms with Gasteiger partial charge in [-0.3, -0.25) is 0 Å². The van der Waals surface area contributed by atoms with E-state index in [-0.39, 0.29) is 5.04 Å². The van der Waals surface area contributed by atoms with Gasteiger partial charge in [0.1, 0.15) is 5.75 Å². The van der Waals surface area contributed by atoms with Gasteiger partial charge in [0.2, 0.25) is 14.4 Å².